The van der Waals surface area contributed by atoms with Gasteiger partial charge in [0, 0.05) is 24.0 Å². The molecule has 1 amide bonds. The van der Waals surface area contributed by atoms with E-state index in [-0.39, 0.29) is 18.6 Å². The van der Waals surface area contributed by atoms with Gasteiger partial charge >= 0.3 is 5.97 Å². The van der Waals surface area contributed by atoms with E-state index in [0.29, 0.717) is 12.1 Å². The predicted molar refractivity (Wildman–Crippen MR) is 98.8 cm³/mol. The molecule has 0 radical (unpaired) electrons. The molecule has 0 fully saturated rings. The Morgan fingerprint density at radius 1 is 1.28 bits per heavy atom. The molecule has 0 aliphatic heterocycles. The highest BCUT2D eigenvalue weighted by molar-refractivity contribution is 5.92. The molecular formula is C20H30N2O3. The molecular weight excluding hydrogens is 316 g/mol. The van der Waals surface area contributed by atoms with Gasteiger partial charge < -0.3 is 14.6 Å². The molecule has 0 unspecified atom stereocenters. The zero-order valence-corrected chi connectivity index (χ0v) is 15.9. The third kappa shape index (κ3) is 5.21. The quantitative estimate of drug-likeness (QED) is 0.602. The van der Waals surface area contributed by atoms with Gasteiger partial charge in [-0.15, -0.1) is 0 Å². The summed E-state index contributed by atoms with van der Waals surface area (Å²) in [6, 6.07) is 2.10. The zero-order valence-electron chi connectivity index (χ0n) is 15.9. The molecule has 1 N–H and O–H groups in total. The number of aryl methyl sites for hydroxylation is 1. The molecule has 0 saturated carbocycles. The normalized spacial score (nSPS) is 14.4. The van der Waals surface area contributed by atoms with Crippen LogP contribution in [0.2, 0.25) is 0 Å². The van der Waals surface area contributed by atoms with Crippen LogP contribution in [-0.4, -0.2) is 29.6 Å². The molecule has 1 aromatic rings. The summed E-state index contributed by atoms with van der Waals surface area (Å²) in [5, 5.41) is 2.82. The summed E-state index contributed by atoms with van der Waals surface area (Å²) in [7, 11) is 0. The van der Waals surface area contributed by atoms with Crippen LogP contribution in [0.1, 0.15) is 73.7 Å². The summed E-state index contributed by atoms with van der Waals surface area (Å²) >= 11 is 0. The first-order valence-corrected chi connectivity index (χ1v) is 9.20. The zero-order chi connectivity index (χ0) is 18.4. The third-order valence-electron chi connectivity index (χ3n) is 4.71. The van der Waals surface area contributed by atoms with Crippen molar-refractivity contribution >= 4 is 11.9 Å². The van der Waals surface area contributed by atoms with Gasteiger partial charge in [0.1, 0.15) is 0 Å². The Bertz CT molecular complexity index is 656. The van der Waals surface area contributed by atoms with E-state index >= 15 is 0 Å². The van der Waals surface area contributed by atoms with E-state index in [1.807, 2.05) is 19.9 Å². The van der Waals surface area contributed by atoms with Crippen LogP contribution >= 0.6 is 0 Å². The first kappa shape index (κ1) is 19.3. The summed E-state index contributed by atoms with van der Waals surface area (Å²) in [6.07, 6.45) is 7.96. The van der Waals surface area contributed by atoms with Crippen molar-refractivity contribution in [2.45, 2.75) is 65.8 Å². The topological polar surface area (TPSA) is 60.3 Å². The highest BCUT2D eigenvalue weighted by Gasteiger charge is 2.19. The lowest BCUT2D eigenvalue weighted by atomic mass is 9.97. The number of nitrogens with zero attached hydrogens (tertiary/aromatic N) is 1. The molecule has 1 aliphatic carbocycles. The number of esters is 1. The molecule has 2 rings (SSSR count). The van der Waals surface area contributed by atoms with Crippen LogP contribution in [0, 0.1) is 13.8 Å². The Morgan fingerprint density at radius 2 is 2.04 bits per heavy atom. The largest absolute Gasteiger partial charge is 0.452 e. The number of nitrogens with one attached hydrogen (secondary N) is 1. The third-order valence-corrected chi connectivity index (χ3v) is 4.71. The van der Waals surface area contributed by atoms with Crippen molar-refractivity contribution < 1.29 is 14.3 Å². The van der Waals surface area contributed by atoms with Crippen molar-refractivity contribution in [1.82, 2.24) is 9.88 Å². The number of carbonyl (C=O) groups is 2. The first-order valence-electron chi connectivity index (χ1n) is 9.20. The fourth-order valence-corrected chi connectivity index (χ4v) is 3.53. The fraction of sp³-hybridized carbons (Fsp3) is 0.600. The van der Waals surface area contributed by atoms with Crippen molar-refractivity contribution in [3.8, 4) is 0 Å². The van der Waals surface area contributed by atoms with Gasteiger partial charge in [0.2, 0.25) is 0 Å². The fourth-order valence-electron chi connectivity index (χ4n) is 3.53. The van der Waals surface area contributed by atoms with Gasteiger partial charge in [-0.05, 0) is 65.9 Å². The van der Waals surface area contributed by atoms with E-state index in [2.05, 4.69) is 29.8 Å². The Balaban J connectivity index is 1.78. The van der Waals surface area contributed by atoms with Crippen LogP contribution in [0.4, 0.5) is 0 Å². The lowest BCUT2D eigenvalue weighted by molar-refractivity contribution is -0.124. The second-order valence-electron chi connectivity index (χ2n) is 7.03. The molecule has 0 saturated heterocycles. The smallest absolute Gasteiger partial charge is 0.340 e. The van der Waals surface area contributed by atoms with Gasteiger partial charge in [0.15, 0.2) is 6.61 Å². The van der Waals surface area contributed by atoms with Crippen LogP contribution in [0.15, 0.2) is 17.7 Å². The first-order chi connectivity index (χ1) is 11.9. The molecule has 138 valence electrons. The van der Waals surface area contributed by atoms with Crippen molar-refractivity contribution in [1.29, 1.82) is 0 Å². The molecule has 1 aliphatic rings. The SMILES string of the molecule is Cc1cc(C(=O)OCC(=O)NCCC2=CCCCC2)c(C)n1C(C)C. The summed E-state index contributed by atoms with van der Waals surface area (Å²) in [4.78, 5) is 24.1. The minimum Gasteiger partial charge on any atom is -0.452 e. The summed E-state index contributed by atoms with van der Waals surface area (Å²) < 4.78 is 7.27. The lowest BCUT2D eigenvalue weighted by Crippen LogP contribution is -2.30. The average molecular weight is 346 g/mol. The van der Waals surface area contributed by atoms with E-state index < -0.39 is 5.97 Å². The molecule has 1 heterocycles. The molecule has 25 heavy (non-hydrogen) atoms. The number of carbonyl (C=O) groups excluding carboxylic acids is 2. The number of rotatable bonds is 7. The van der Waals surface area contributed by atoms with Crippen LogP contribution in [0.25, 0.3) is 0 Å². The Hall–Kier alpha value is -2.04. The summed E-state index contributed by atoms with van der Waals surface area (Å²) in [6.45, 7) is 8.39. The van der Waals surface area contributed by atoms with Crippen LogP contribution < -0.4 is 5.32 Å². The van der Waals surface area contributed by atoms with Gasteiger partial charge in [0.05, 0.1) is 5.56 Å². The Kier molecular flexibility index (Phi) is 6.85. The van der Waals surface area contributed by atoms with Gasteiger partial charge in [-0.25, -0.2) is 4.79 Å². The number of ether oxygens (including phenoxy) is 1. The molecule has 5 heteroatoms. The Labute approximate surface area is 150 Å². The maximum absolute atomic E-state index is 12.3. The minimum atomic E-state index is -0.440. The molecule has 0 bridgehead atoms. The second kappa shape index (κ2) is 8.88. The molecule has 1 aromatic heterocycles. The maximum atomic E-state index is 12.3. The van der Waals surface area contributed by atoms with E-state index in [9.17, 15) is 9.59 Å². The number of hydrogen-bond donors (Lipinski definition) is 1. The lowest BCUT2D eigenvalue weighted by Gasteiger charge is -2.14. The van der Waals surface area contributed by atoms with Crippen LogP contribution in [-0.2, 0) is 9.53 Å². The van der Waals surface area contributed by atoms with Crippen molar-refractivity contribution in [2.24, 2.45) is 0 Å². The number of hydrogen-bond acceptors (Lipinski definition) is 3. The molecule has 0 atom stereocenters. The van der Waals surface area contributed by atoms with E-state index in [0.717, 1.165) is 30.7 Å². The minimum absolute atomic E-state index is 0.233. The molecule has 0 spiro atoms. The van der Waals surface area contributed by atoms with Crippen molar-refractivity contribution in [3.63, 3.8) is 0 Å². The second-order valence-corrected chi connectivity index (χ2v) is 7.03. The van der Waals surface area contributed by atoms with Crippen LogP contribution in [0.5, 0.6) is 0 Å². The van der Waals surface area contributed by atoms with Gasteiger partial charge in [-0.3, -0.25) is 4.79 Å². The standard InChI is InChI=1S/C20H30N2O3/c1-14(2)22-15(3)12-18(16(22)4)20(24)25-13-19(23)21-11-10-17-8-6-5-7-9-17/h8,12,14H,5-7,9-11,13H2,1-4H3,(H,21,23). The van der Waals surface area contributed by atoms with Gasteiger partial charge in [0.25, 0.3) is 5.91 Å². The van der Waals surface area contributed by atoms with Crippen LogP contribution in [0.3, 0.4) is 0 Å². The molecule has 5 nitrogen and oxygen atoms in total. The summed E-state index contributed by atoms with van der Waals surface area (Å²) in [5.74, 6) is -0.687. The van der Waals surface area contributed by atoms with Crippen molar-refractivity contribution in [2.75, 3.05) is 13.2 Å². The van der Waals surface area contributed by atoms with Gasteiger partial charge in [-0.1, -0.05) is 11.6 Å². The number of amides is 1. The average Bonchev–Trinajstić information content (AvgIpc) is 2.88. The van der Waals surface area contributed by atoms with E-state index in [1.54, 1.807) is 0 Å². The monoisotopic (exact) mass is 346 g/mol. The highest BCUT2D eigenvalue weighted by atomic mass is 16.5. The maximum Gasteiger partial charge on any atom is 0.340 e. The Morgan fingerprint density at radius 3 is 2.64 bits per heavy atom. The highest BCUT2D eigenvalue weighted by Crippen LogP contribution is 2.21. The van der Waals surface area contributed by atoms with Gasteiger partial charge in [-0.2, -0.15) is 0 Å². The number of allylic oxidation sites excluding steroid dienone is 1. The van der Waals surface area contributed by atoms with Crippen molar-refractivity contribution in [3.05, 3.63) is 34.7 Å². The van der Waals surface area contributed by atoms with E-state index in [4.69, 9.17) is 4.74 Å². The molecule has 0 aromatic carbocycles. The predicted octanol–water partition coefficient (Wildman–Crippen LogP) is 3.85. The summed E-state index contributed by atoms with van der Waals surface area (Å²) in [5.41, 5.74) is 3.85. The number of aromatic nitrogens is 1. The van der Waals surface area contributed by atoms with E-state index in [1.165, 1.54) is 18.4 Å².